The van der Waals surface area contributed by atoms with Gasteiger partial charge in [-0.15, -0.1) is 23.1 Å². The van der Waals surface area contributed by atoms with Crippen molar-refractivity contribution in [2.24, 2.45) is 0 Å². The van der Waals surface area contributed by atoms with Crippen molar-refractivity contribution in [2.45, 2.75) is 17.7 Å². The molecule has 1 saturated heterocycles. The quantitative estimate of drug-likeness (QED) is 0.629. The highest BCUT2D eigenvalue weighted by Crippen LogP contribution is 2.28. The number of carbonyl (C=O) groups excluding carboxylic acids is 1. The van der Waals surface area contributed by atoms with Crippen LogP contribution in [0.25, 0.3) is 11.3 Å². The van der Waals surface area contributed by atoms with Crippen LogP contribution in [0.4, 0.5) is 10.9 Å². The topological polar surface area (TPSA) is 58.1 Å². The van der Waals surface area contributed by atoms with Crippen LogP contribution >= 0.6 is 23.1 Å². The standard InChI is InChI=1S/C20H20N4OS2/c1-26-15-8-6-14(7-9-15)17-13-27-20(22-17)23-19(25)16-5-4-10-21-18(16)24-11-2-3-12-24/h4-10,13H,2-3,11-12H2,1H3,(H,22,23,25). The summed E-state index contributed by atoms with van der Waals surface area (Å²) in [4.78, 5) is 25.2. The number of hydrogen-bond donors (Lipinski definition) is 1. The highest BCUT2D eigenvalue weighted by molar-refractivity contribution is 7.98. The molecule has 1 N–H and O–H groups in total. The second-order valence-electron chi connectivity index (χ2n) is 6.29. The van der Waals surface area contributed by atoms with Crippen molar-refractivity contribution >= 4 is 40.0 Å². The average Bonchev–Trinajstić information content (AvgIpc) is 3.40. The van der Waals surface area contributed by atoms with Crippen LogP contribution in [0.15, 0.2) is 52.9 Å². The molecule has 1 amide bonds. The molecule has 3 aromatic rings. The van der Waals surface area contributed by atoms with Crippen LogP contribution in [0.1, 0.15) is 23.2 Å². The van der Waals surface area contributed by atoms with Crippen LogP contribution in [0.5, 0.6) is 0 Å². The Morgan fingerprint density at radius 2 is 1.96 bits per heavy atom. The lowest BCUT2D eigenvalue weighted by molar-refractivity contribution is 0.102. The molecular formula is C20H20N4OS2. The minimum absolute atomic E-state index is 0.163. The summed E-state index contributed by atoms with van der Waals surface area (Å²) in [5.74, 6) is 0.598. The molecule has 0 saturated carbocycles. The molecule has 4 rings (SSSR count). The molecule has 3 heterocycles. The summed E-state index contributed by atoms with van der Waals surface area (Å²) in [6, 6.07) is 11.9. The summed E-state index contributed by atoms with van der Waals surface area (Å²) in [5, 5.41) is 5.50. The van der Waals surface area contributed by atoms with Gasteiger partial charge in [0.05, 0.1) is 11.3 Å². The van der Waals surface area contributed by atoms with Crippen molar-refractivity contribution in [1.82, 2.24) is 9.97 Å². The maximum Gasteiger partial charge on any atom is 0.261 e. The zero-order valence-electron chi connectivity index (χ0n) is 15.0. The number of carbonyl (C=O) groups is 1. The van der Waals surface area contributed by atoms with Gasteiger partial charge in [-0.1, -0.05) is 12.1 Å². The zero-order valence-corrected chi connectivity index (χ0v) is 16.6. The third-order valence-corrected chi connectivity index (χ3v) is 6.05. The van der Waals surface area contributed by atoms with Gasteiger partial charge in [0.2, 0.25) is 0 Å². The number of rotatable bonds is 5. The molecule has 1 aliphatic rings. The molecule has 7 heteroatoms. The number of thioether (sulfide) groups is 1. The molecule has 27 heavy (non-hydrogen) atoms. The van der Waals surface area contributed by atoms with Gasteiger partial charge in [-0.2, -0.15) is 0 Å². The van der Waals surface area contributed by atoms with Gasteiger partial charge in [0.1, 0.15) is 5.82 Å². The molecule has 0 aliphatic carbocycles. The zero-order chi connectivity index (χ0) is 18.6. The molecular weight excluding hydrogens is 376 g/mol. The van der Waals surface area contributed by atoms with Crippen LogP contribution in [-0.4, -0.2) is 35.2 Å². The van der Waals surface area contributed by atoms with E-state index in [9.17, 15) is 4.79 Å². The van der Waals surface area contributed by atoms with E-state index < -0.39 is 0 Å². The van der Waals surface area contributed by atoms with Crippen LogP contribution in [0.2, 0.25) is 0 Å². The van der Waals surface area contributed by atoms with E-state index in [1.54, 1.807) is 24.0 Å². The Morgan fingerprint density at radius 3 is 2.70 bits per heavy atom. The van der Waals surface area contributed by atoms with Crippen molar-refractivity contribution in [3.05, 3.63) is 53.5 Å². The maximum atomic E-state index is 12.8. The molecule has 0 bridgehead atoms. The van der Waals surface area contributed by atoms with Crippen molar-refractivity contribution in [1.29, 1.82) is 0 Å². The van der Waals surface area contributed by atoms with Crippen LogP contribution < -0.4 is 10.2 Å². The number of anilines is 2. The van der Waals surface area contributed by atoms with Gasteiger partial charge >= 0.3 is 0 Å². The third kappa shape index (κ3) is 3.99. The number of thiazole rings is 1. The van der Waals surface area contributed by atoms with E-state index in [1.807, 2.05) is 11.4 Å². The largest absolute Gasteiger partial charge is 0.356 e. The van der Waals surface area contributed by atoms with Crippen LogP contribution in [-0.2, 0) is 0 Å². The Labute approximate surface area is 166 Å². The lowest BCUT2D eigenvalue weighted by Gasteiger charge is -2.19. The number of nitrogens with zero attached hydrogens (tertiary/aromatic N) is 3. The molecule has 0 radical (unpaired) electrons. The molecule has 0 spiro atoms. The average molecular weight is 397 g/mol. The Kier molecular flexibility index (Phi) is 5.40. The van der Waals surface area contributed by atoms with Gasteiger partial charge < -0.3 is 4.90 Å². The summed E-state index contributed by atoms with van der Waals surface area (Å²) in [7, 11) is 0. The van der Waals surface area contributed by atoms with Gasteiger partial charge in [0.25, 0.3) is 5.91 Å². The minimum Gasteiger partial charge on any atom is -0.356 e. The third-order valence-electron chi connectivity index (χ3n) is 4.55. The SMILES string of the molecule is CSc1ccc(-c2csc(NC(=O)c3cccnc3N3CCCC3)n2)cc1. The van der Waals surface area contributed by atoms with Crippen molar-refractivity contribution in [3.8, 4) is 11.3 Å². The number of aromatic nitrogens is 2. The van der Waals surface area contributed by atoms with Gasteiger partial charge in [-0.3, -0.25) is 10.1 Å². The first-order chi connectivity index (χ1) is 13.2. The number of benzene rings is 1. The maximum absolute atomic E-state index is 12.8. The Balaban J connectivity index is 1.51. The first-order valence-electron chi connectivity index (χ1n) is 8.86. The fourth-order valence-electron chi connectivity index (χ4n) is 3.15. The predicted molar refractivity (Wildman–Crippen MR) is 113 cm³/mol. The van der Waals surface area contributed by atoms with Crippen molar-refractivity contribution < 1.29 is 4.79 Å². The number of nitrogens with one attached hydrogen (secondary N) is 1. The van der Waals surface area contributed by atoms with E-state index in [2.05, 4.69) is 50.7 Å². The lowest BCUT2D eigenvalue weighted by Crippen LogP contribution is -2.24. The second-order valence-corrected chi connectivity index (χ2v) is 8.03. The van der Waals surface area contributed by atoms with Crippen molar-refractivity contribution in [3.63, 3.8) is 0 Å². The van der Waals surface area contributed by atoms with Crippen LogP contribution in [0, 0.1) is 0 Å². The summed E-state index contributed by atoms with van der Waals surface area (Å²) in [6.45, 7) is 1.90. The minimum atomic E-state index is -0.163. The first-order valence-corrected chi connectivity index (χ1v) is 11.0. The van der Waals surface area contributed by atoms with Gasteiger partial charge in [0, 0.05) is 35.1 Å². The van der Waals surface area contributed by atoms with E-state index in [0.29, 0.717) is 10.7 Å². The van der Waals surface area contributed by atoms with Crippen molar-refractivity contribution in [2.75, 3.05) is 29.6 Å². The molecule has 0 atom stereocenters. The second kappa shape index (κ2) is 8.10. The molecule has 138 valence electrons. The Bertz CT molecular complexity index is 933. The normalized spacial score (nSPS) is 13.7. The molecule has 1 aromatic carbocycles. The van der Waals surface area contributed by atoms with Gasteiger partial charge in [-0.25, -0.2) is 9.97 Å². The van der Waals surface area contributed by atoms with E-state index >= 15 is 0 Å². The number of pyridine rings is 1. The van der Waals surface area contributed by atoms with Gasteiger partial charge in [0.15, 0.2) is 5.13 Å². The molecule has 2 aromatic heterocycles. The highest BCUT2D eigenvalue weighted by Gasteiger charge is 2.21. The molecule has 0 unspecified atom stereocenters. The van der Waals surface area contributed by atoms with Gasteiger partial charge in [-0.05, 0) is 43.4 Å². The van der Waals surface area contributed by atoms with Crippen LogP contribution in [0.3, 0.4) is 0 Å². The molecule has 5 nitrogen and oxygen atoms in total. The predicted octanol–water partition coefficient (Wildman–Crippen LogP) is 4.78. The monoisotopic (exact) mass is 396 g/mol. The highest BCUT2D eigenvalue weighted by atomic mass is 32.2. The smallest absolute Gasteiger partial charge is 0.261 e. The summed E-state index contributed by atoms with van der Waals surface area (Å²) < 4.78 is 0. The fraction of sp³-hybridized carbons (Fsp3) is 0.250. The lowest BCUT2D eigenvalue weighted by atomic mass is 10.2. The summed E-state index contributed by atoms with van der Waals surface area (Å²) >= 11 is 3.14. The molecule has 1 aliphatic heterocycles. The van der Waals surface area contributed by atoms with E-state index in [1.165, 1.54) is 16.2 Å². The summed E-state index contributed by atoms with van der Waals surface area (Å²) in [6.07, 6.45) is 6.08. The first kappa shape index (κ1) is 18.0. The van der Waals surface area contributed by atoms with E-state index in [4.69, 9.17) is 0 Å². The Morgan fingerprint density at radius 1 is 1.19 bits per heavy atom. The number of amides is 1. The fourth-order valence-corrected chi connectivity index (χ4v) is 4.27. The van der Waals surface area contributed by atoms with E-state index in [0.717, 1.165) is 43.0 Å². The Hall–Kier alpha value is -2.38. The summed E-state index contributed by atoms with van der Waals surface area (Å²) in [5.41, 5.74) is 2.51. The molecule has 1 fully saturated rings. The van der Waals surface area contributed by atoms with E-state index in [-0.39, 0.29) is 5.91 Å². The number of hydrogen-bond acceptors (Lipinski definition) is 6.